The average molecular weight is 678 g/mol. The molecular weight excluding hydrogens is 636 g/mol. The van der Waals surface area contributed by atoms with Gasteiger partial charge in [0, 0.05) is 20.3 Å². The number of aromatic nitrogens is 1. The van der Waals surface area contributed by atoms with Gasteiger partial charge in [-0.2, -0.15) is 0 Å². The number of aryl methyl sites for hydroxylation is 1. The van der Waals surface area contributed by atoms with Crippen LogP contribution in [-0.4, -0.2) is 30.1 Å². The van der Waals surface area contributed by atoms with Crippen molar-refractivity contribution in [1.82, 2.24) is 4.98 Å². The van der Waals surface area contributed by atoms with Crippen molar-refractivity contribution in [3.63, 3.8) is 0 Å². The summed E-state index contributed by atoms with van der Waals surface area (Å²) in [5.41, 5.74) is 4.38. The number of esters is 1. The van der Waals surface area contributed by atoms with Gasteiger partial charge in [-0.05, 0) is 93.1 Å². The van der Waals surface area contributed by atoms with E-state index in [1.807, 2.05) is 62.4 Å². The van der Waals surface area contributed by atoms with Crippen LogP contribution in [0.5, 0.6) is 5.75 Å². The normalized spacial score (nSPS) is 14.2. The second-order valence-corrected chi connectivity index (χ2v) is 13.3. The molecule has 1 amide bonds. The number of benzene rings is 2. The van der Waals surface area contributed by atoms with Crippen LogP contribution in [-0.2, 0) is 17.6 Å². The molecule has 0 saturated heterocycles. The van der Waals surface area contributed by atoms with Gasteiger partial charge in [-0.15, -0.1) is 11.3 Å². The van der Waals surface area contributed by atoms with Crippen LogP contribution in [0.3, 0.4) is 0 Å². The van der Waals surface area contributed by atoms with E-state index >= 15 is 0 Å². The topological polar surface area (TPSA) is 77.5 Å². The molecule has 0 bridgehead atoms. The van der Waals surface area contributed by atoms with Gasteiger partial charge in [-0.25, -0.2) is 9.78 Å². The van der Waals surface area contributed by atoms with Crippen molar-refractivity contribution in [2.75, 3.05) is 18.5 Å². The van der Waals surface area contributed by atoms with Crippen molar-refractivity contribution < 1.29 is 19.1 Å². The number of carbonyl (C=O) groups excluding carboxylic acids is 2. The Balaban J connectivity index is 1.54. The van der Waals surface area contributed by atoms with E-state index < -0.39 is 0 Å². The smallest absolute Gasteiger partial charge is 0.341 e. The minimum atomic E-state index is -0.343. The largest absolute Gasteiger partial charge is 0.494 e. The van der Waals surface area contributed by atoms with E-state index in [0.717, 1.165) is 65.3 Å². The number of halogens is 1. The third kappa shape index (κ3) is 7.88. The molecule has 1 aliphatic rings. The molecule has 8 heteroatoms. The summed E-state index contributed by atoms with van der Waals surface area (Å²) in [5, 5.41) is 4.49. The first-order valence-corrected chi connectivity index (χ1v) is 17.6. The van der Waals surface area contributed by atoms with Gasteiger partial charge in [0.1, 0.15) is 10.8 Å². The zero-order chi connectivity index (χ0) is 30.9. The molecule has 1 aliphatic carbocycles. The minimum Gasteiger partial charge on any atom is -0.494 e. The zero-order valence-electron chi connectivity index (χ0n) is 25.7. The number of ether oxygens (including phenoxy) is 2. The number of carbonyl (C=O) groups is 2. The summed E-state index contributed by atoms with van der Waals surface area (Å²) in [6.07, 6.45) is 12.0. The lowest BCUT2D eigenvalue weighted by atomic mass is 9.97. The number of pyridine rings is 1. The van der Waals surface area contributed by atoms with E-state index in [2.05, 4.69) is 21.2 Å². The molecule has 6 nitrogen and oxygen atoms in total. The highest BCUT2D eigenvalue weighted by Gasteiger charge is 2.27. The van der Waals surface area contributed by atoms with E-state index in [0.29, 0.717) is 40.6 Å². The third-order valence-electron chi connectivity index (χ3n) is 8.02. The number of amides is 1. The summed E-state index contributed by atoms with van der Waals surface area (Å²) in [6.45, 7) is 4.89. The molecule has 2 aromatic heterocycles. The maximum absolute atomic E-state index is 14.2. The first-order chi connectivity index (χ1) is 21.5. The molecule has 2 heterocycles. The maximum Gasteiger partial charge on any atom is 0.341 e. The molecule has 232 valence electrons. The Morgan fingerprint density at radius 2 is 1.61 bits per heavy atom. The highest BCUT2D eigenvalue weighted by Crippen LogP contribution is 2.38. The summed E-state index contributed by atoms with van der Waals surface area (Å²) in [7, 11) is 0. The van der Waals surface area contributed by atoms with Crippen LogP contribution in [0.15, 0.2) is 53.0 Å². The molecule has 0 atom stereocenters. The Kier molecular flexibility index (Phi) is 11.5. The summed E-state index contributed by atoms with van der Waals surface area (Å²) < 4.78 is 12.2. The lowest BCUT2D eigenvalue weighted by Crippen LogP contribution is -2.16. The number of nitrogens with zero attached hydrogens (tertiary/aromatic N) is 1. The van der Waals surface area contributed by atoms with E-state index in [9.17, 15) is 9.59 Å². The third-order valence-corrected chi connectivity index (χ3v) is 9.72. The molecule has 4 aromatic rings. The van der Waals surface area contributed by atoms with Crippen LogP contribution in [0.1, 0.15) is 103 Å². The van der Waals surface area contributed by atoms with Gasteiger partial charge >= 0.3 is 5.97 Å². The van der Waals surface area contributed by atoms with Crippen molar-refractivity contribution in [1.29, 1.82) is 0 Å². The van der Waals surface area contributed by atoms with Crippen molar-refractivity contribution in [3.8, 4) is 17.0 Å². The SMILES string of the molecule is CCCOC(=O)c1c(NC(=O)c2cc(-c3ccc(OCC)cc3)nc3ccc(Br)cc23)sc2c1CCCCCCCCCC2. The van der Waals surface area contributed by atoms with Gasteiger partial charge in [0.15, 0.2) is 0 Å². The summed E-state index contributed by atoms with van der Waals surface area (Å²) in [5.74, 6) is 0.168. The van der Waals surface area contributed by atoms with Crippen LogP contribution in [0, 0.1) is 0 Å². The fraction of sp³-hybridized carbons (Fsp3) is 0.417. The Labute approximate surface area is 272 Å². The molecule has 44 heavy (non-hydrogen) atoms. The van der Waals surface area contributed by atoms with Gasteiger partial charge in [0.05, 0.1) is 35.6 Å². The zero-order valence-corrected chi connectivity index (χ0v) is 28.1. The standard InChI is InChI=1S/C36H41BrN2O4S/c1-3-21-43-36(41)33-27-13-11-9-7-5-6-8-10-12-14-32(27)44-35(33)39-34(40)29-23-31(24-15-18-26(19-16-24)42-4-2)38-30-20-17-25(37)22-28(29)30/h15-20,22-23H,3-14,21H2,1-2H3,(H,39,40). The van der Waals surface area contributed by atoms with Gasteiger partial charge in [-0.3, -0.25) is 4.79 Å². The number of nitrogens with one attached hydrogen (secondary N) is 1. The summed E-state index contributed by atoms with van der Waals surface area (Å²) in [6, 6.07) is 15.3. The highest BCUT2D eigenvalue weighted by atomic mass is 79.9. The van der Waals surface area contributed by atoms with Crippen molar-refractivity contribution in [2.45, 2.75) is 84.5 Å². The molecule has 5 rings (SSSR count). The van der Waals surface area contributed by atoms with Gasteiger partial charge in [0.2, 0.25) is 0 Å². The second-order valence-electron chi connectivity index (χ2n) is 11.3. The first-order valence-electron chi connectivity index (χ1n) is 15.9. The predicted molar refractivity (Wildman–Crippen MR) is 183 cm³/mol. The molecule has 2 aromatic carbocycles. The van der Waals surface area contributed by atoms with Crippen LogP contribution in [0.4, 0.5) is 5.00 Å². The number of hydrogen-bond donors (Lipinski definition) is 1. The van der Waals surface area contributed by atoms with E-state index in [1.165, 1.54) is 37.0 Å². The van der Waals surface area contributed by atoms with Gasteiger partial charge in [0.25, 0.3) is 5.91 Å². The molecule has 1 N–H and O–H groups in total. The van der Waals surface area contributed by atoms with Crippen molar-refractivity contribution in [2.24, 2.45) is 0 Å². The number of hydrogen-bond acceptors (Lipinski definition) is 6. The second kappa shape index (κ2) is 15.7. The van der Waals surface area contributed by atoms with Gasteiger partial charge in [-0.1, -0.05) is 61.4 Å². The summed E-state index contributed by atoms with van der Waals surface area (Å²) >= 11 is 5.11. The fourth-order valence-electron chi connectivity index (χ4n) is 5.79. The van der Waals surface area contributed by atoms with E-state index in [-0.39, 0.29) is 11.9 Å². The van der Waals surface area contributed by atoms with Crippen LogP contribution in [0.25, 0.3) is 22.2 Å². The first kappa shape index (κ1) is 32.2. The number of rotatable bonds is 8. The highest BCUT2D eigenvalue weighted by molar-refractivity contribution is 9.10. The molecule has 0 spiro atoms. The van der Waals surface area contributed by atoms with Gasteiger partial charge < -0.3 is 14.8 Å². The molecular formula is C36H41BrN2O4S. The quantitative estimate of drug-likeness (QED) is 0.188. The fourth-order valence-corrected chi connectivity index (χ4v) is 7.42. The Morgan fingerprint density at radius 1 is 0.909 bits per heavy atom. The molecule has 0 aliphatic heterocycles. The Morgan fingerprint density at radius 3 is 2.32 bits per heavy atom. The maximum atomic E-state index is 14.2. The number of fused-ring (bicyclic) bond motifs is 2. The van der Waals surface area contributed by atoms with E-state index in [4.69, 9.17) is 14.5 Å². The van der Waals surface area contributed by atoms with Crippen LogP contribution < -0.4 is 10.1 Å². The van der Waals surface area contributed by atoms with Crippen LogP contribution >= 0.6 is 27.3 Å². The number of thiophene rings is 1. The molecule has 0 saturated carbocycles. The molecule has 0 unspecified atom stereocenters. The average Bonchev–Trinajstić information content (AvgIpc) is 3.36. The summed E-state index contributed by atoms with van der Waals surface area (Å²) in [4.78, 5) is 33.8. The monoisotopic (exact) mass is 676 g/mol. The lowest BCUT2D eigenvalue weighted by molar-refractivity contribution is 0.0505. The lowest BCUT2D eigenvalue weighted by Gasteiger charge is -2.13. The Bertz CT molecular complexity index is 1600. The molecule has 0 fully saturated rings. The molecule has 0 radical (unpaired) electrons. The van der Waals surface area contributed by atoms with Crippen LogP contribution in [0.2, 0.25) is 0 Å². The number of anilines is 1. The van der Waals surface area contributed by atoms with Crippen molar-refractivity contribution >= 4 is 55.0 Å². The predicted octanol–water partition coefficient (Wildman–Crippen LogP) is 10.2. The van der Waals surface area contributed by atoms with E-state index in [1.54, 1.807) is 11.3 Å². The minimum absolute atomic E-state index is 0.274. The van der Waals surface area contributed by atoms with Crippen molar-refractivity contribution in [3.05, 3.63) is 74.6 Å². The Hall–Kier alpha value is -3.23.